The number of hydrogen-bond acceptors (Lipinski definition) is 2. The van der Waals surface area contributed by atoms with Crippen molar-refractivity contribution >= 4 is 11.8 Å². The maximum atomic E-state index is 12.0. The average Bonchev–Trinajstić information content (AvgIpc) is 2.76. The number of allylic oxidation sites excluding steroid dienone is 4. The molecule has 0 bridgehead atoms. The molecule has 1 aliphatic rings. The summed E-state index contributed by atoms with van der Waals surface area (Å²) in [6.07, 6.45) is 12.4. The van der Waals surface area contributed by atoms with Crippen LogP contribution in [0.3, 0.4) is 0 Å². The SMILES string of the molecule is CC/C=C/CC(C(=O)O)C1CCC(=O)C1C/C=C/CC. The molecule has 1 saturated carbocycles. The van der Waals surface area contributed by atoms with Crippen molar-refractivity contribution in [2.24, 2.45) is 17.8 Å². The molecule has 0 amide bonds. The largest absolute Gasteiger partial charge is 0.481 e. The molecule has 0 heterocycles. The van der Waals surface area contributed by atoms with Crippen LogP contribution in [0.25, 0.3) is 0 Å². The molecule has 0 aromatic heterocycles. The van der Waals surface area contributed by atoms with E-state index < -0.39 is 11.9 Å². The molecule has 1 fully saturated rings. The summed E-state index contributed by atoms with van der Waals surface area (Å²) in [5, 5.41) is 9.45. The maximum absolute atomic E-state index is 12.0. The lowest BCUT2D eigenvalue weighted by Gasteiger charge is -2.23. The van der Waals surface area contributed by atoms with E-state index >= 15 is 0 Å². The summed E-state index contributed by atoms with van der Waals surface area (Å²) < 4.78 is 0. The number of ketones is 1. The van der Waals surface area contributed by atoms with Gasteiger partial charge in [-0.2, -0.15) is 0 Å². The van der Waals surface area contributed by atoms with Crippen LogP contribution in [0.4, 0.5) is 0 Å². The molecule has 3 heteroatoms. The molecule has 0 aliphatic heterocycles. The number of aliphatic carboxylic acids is 1. The highest BCUT2D eigenvalue weighted by atomic mass is 16.4. The molecular weight excluding hydrogens is 252 g/mol. The Morgan fingerprint density at radius 2 is 1.90 bits per heavy atom. The molecule has 112 valence electrons. The smallest absolute Gasteiger partial charge is 0.307 e. The van der Waals surface area contributed by atoms with E-state index in [0.29, 0.717) is 19.3 Å². The third-order valence-electron chi connectivity index (χ3n) is 4.07. The Morgan fingerprint density at radius 1 is 1.25 bits per heavy atom. The van der Waals surface area contributed by atoms with Crippen molar-refractivity contribution in [2.75, 3.05) is 0 Å². The van der Waals surface area contributed by atoms with Gasteiger partial charge in [0.05, 0.1) is 5.92 Å². The maximum Gasteiger partial charge on any atom is 0.307 e. The Morgan fingerprint density at radius 3 is 2.50 bits per heavy atom. The van der Waals surface area contributed by atoms with Gasteiger partial charge in [-0.3, -0.25) is 9.59 Å². The summed E-state index contributed by atoms with van der Waals surface area (Å²) in [5.41, 5.74) is 0. The first-order chi connectivity index (χ1) is 9.61. The van der Waals surface area contributed by atoms with E-state index in [4.69, 9.17) is 0 Å². The summed E-state index contributed by atoms with van der Waals surface area (Å²) in [4.78, 5) is 23.5. The van der Waals surface area contributed by atoms with Gasteiger partial charge in [-0.25, -0.2) is 0 Å². The number of rotatable bonds is 8. The molecular formula is C17H26O3. The predicted molar refractivity (Wildman–Crippen MR) is 80.4 cm³/mol. The van der Waals surface area contributed by atoms with E-state index in [1.54, 1.807) is 0 Å². The molecule has 1 rings (SSSR count). The minimum atomic E-state index is -0.769. The number of Topliss-reactive ketones (excluding diaryl/α,β-unsaturated/α-hetero) is 1. The second-order valence-corrected chi connectivity index (χ2v) is 5.45. The molecule has 0 spiro atoms. The lowest BCUT2D eigenvalue weighted by molar-refractivity contribution is -0.144. The van der Waals surface area contributed by atoms with Gasteiger partial charge in [-0.15, -0.1) is 0 Å². The van der Waals surface area contributed by atoms with Crippen LogP contribution in [0.15, 0.2) is 24.3 Å². The molecule has 1 aliphatic carbocycles. The van der Waals surface area contributed by atoms with Gasteiger partial charge >= 0.3 is 5.97 Å². The van der Waals surface area contributed by atoms with E-state index in [0.717, 1.165) is 19.3 Å². The molecule has 1 N–H and O–H groups in total. The van der Waals surface area contributed by atoms with Crippen LogP contribution in [-0.2, 0) is 9.59 Å². The highest BCUT2D eigenvalue weighted by molar-refractivity contribution is 5.85. The zero-order chi connectivity index (χ0) is 15.0. The first-order valence-electron chi connectivity index (χ1n) is 7.67. The molecule has 0 saturated heterocycles. The third kappa shape index (κ3) is 4.62. The van der Waals surface area contributed by atoms with E-state index in [1.165, 1.54) is 0 Å². The average molecular weight is 278 g/mol. The number of carboxylic acid groups (broad SMARTS) is 1. The monoisotopic (exact) mass is 278 g/mol. The van der Waals surface area contributed by atoms with Crippen LogP contribution >= 0.6 is 0 Å². The Bertz CT molecular complexity index is 382. The minimum absolute atomic E-state index is 0.0111. The predicted octanol–water partition coefficient (Wildman–Crippen LogP) is 4.00. The van der Waals surface area contributed by atoms with Gasteiger partial charge < -0.3 is 5.11 Å². The lowest BCUT2D eigenvalue weighted by Crippen LogP contribution is -2.28. The quantitative estimate of drug-likeness (QED) is 0.683. The van der Waals surface area contributed by atoms with Crippen molar-refractivity contribution in [3.63, 3.8) is 0 Å². The molecule has 3 nitrogen and oxygen atoms in total. The standard InChI is InChI=1S/C17H26O3/c1-3-5-7-9-14-13(11-12-16(14)18)15(17(19)20)10-8-6-4-2/h5-8,13-15H,3-4,9-12H2,1-2H3,(H,19,20)/b7-5+,8-6+. The molecule has 3 unspecified atom stereocenters. The van der Waals surface area contributed by atoms with Crippen LogP contribution in [0, 0.1) is 17.8 Å². The Hall–Kier alpha value is -1.38. The van der Waals surface area contributed by atoms with Gasteiger partial charge in [0.25, 0.3) is 0 Å². The van der Waals surface area contributed by atoms with Crippen molar-refractivity contribution < 1.29 is 14.7 Å². The zero-order valence-electron chi connectivity index (χ0n) is 12.5. The zero-order valence-corrected chi connectivity index (χ0v) is 12.5. The van der Waals surface area contributed by atoms with Gasteiger partial charge in [0.1, 0.15) is 5.78 Å². The highest BCUT2D eigenvalue weighted by Gasteiger charge is 2.40. The number of hydrogen-bond donors (Lipinski definition) is 1. The summed E-state index contributed by atoms with van der Waals surface area (Å²) in [7, 11) is 0. The minimum Gasteiger partial charge on any atom is -0.481 e. The summed E-state index contributed by atoms with van der Waals surface area (Å²) >= 11 is 0. The van der Waals surface area contributed by atoms with Crippen molar-refractivity contribution in [1.82, 2.24) is 0 Å². The van der Waals surface area contributed by atoms with E-state index in [9.17, 15) is 14.7 Å². The second-order valence-electron chi connectivity index (χ2n) is 5.45. The topological polar surface area (TPSA) is 54.4 Å². The van der Waals surface area contributed by atoms with Gasteiger partial charge in [0.15, 0.2) is 0 Å². The van der Waals surface area contributed by atoms with Crippen LogP contribution in [0.2, 0.25) is 0 Å². The van der Waals surface area contributed by atoms with E-state index in [2.05, 4.69) is 13.0 Å². The fraction of sp³-hybridized carbons (Fsp3) is 0.647. The summed E-state index contributed by atoms with van der Waals surface area (Å²) in [6.45, 7) is 4.09. The van der Waals surface area contributed by atoms with Crippen molar-refractivity contribution in [3.05, 3.63) is 24.3 Å². The van der Waals surface area contributed by atoms with Crippen LogP contribution < -0.4 is 0 Å². The first-order valence-corrected chi connectivity index (χ1v) is 7.67. The van der Waals surface area contributed by atoms with Crippen LogP contribution in [0.1, 0.15) is 52.4 Å². The summed E-state index contributed by atoms with van der Waals surface area (Å²) in [5.74, 6) is -1.07. The third-order valence-corrected chi connectivity index (χ3v) is 4.07. The molecule has 0 radical (unpaired) electrons. The molecule has 20 heavy (non-hydrogen) atoms. The lowest BCUT2D eigenvalue weighted by atomic mass is 9.80. The van der Waals surface area contributed by atoms with Crippen molar-refractivity contribution in [1.29, 1.82) is 0 Å². The highest BCUT2D eigenvalue weighted by Crippen LogP contribution is 2.38. The number of carboxylic acids is 1. The first kappa shape index (κ1) is 16.7. The molecule has 3 atom stereocenters. The van der Waals surface area contributed by atoms with Gasteiger partial charge in [0, 0.05) is 12.3 Å². The van der Waals surface area contributed by atoms with Gasteiger partial charge in [0.2, 0.25) is 0 Å². The van der Waals surface area contributed by atoms with E-state index in [-0.39, 0.29) is 17.6 Å². The fourth-order valence-electron chi connectivity index (χ4n) is 3.00. The Labute approximate surface area is 121 Å². The van der Waals surface area contributed by atoms with Crippen molar-refractivity contribution in [2.45, 2.75) is 52.4 Å². The van der Waals surface area contributed by atoms with Gasteiger partial charge in [-0.1, -0.05) is 38.2 Å². The Kier molecular flexibility index (Phi) is 7.27. The van der Waals surface area contributed by atoms with Crippen LogP contribution in [0.5, 0.6) is 0 Å². The van der Waals surface area contributed by atoms with E-state index in [1.807, 2.05) is 25.2 Å². The normalized spacial score (nSPS) is 24.8. The Balaban J connectivity index is 2.76. The van der Waals surface area contributed by atoms with Gasteiger partial charge in [-0.05, 0) is 38.0 Å². The van der Waals surface area contributed by atoms with Crippen molar-refractivity contribution in [3.8, 4) is 0 Å². The van der Waals surface area contributed by atoms with Crippen LogP contribution in [-0.4, -0.2) is 16.9 Å². The number of carbonyl (C=O) groups excluding carboxylic acids is 1. The molecule has 0 aromatic carbocycles. The molecule has 0 aromatic rings. The fourth-order valence-corrected chi connectivity index (χ4v) is 3.00. The number of carbonyl (C=O) groups is 2. The summed E-state index contributed by atoms with van der Waals surface area (Å²) in [6, 6.07) is 0. The second kappa shape index (κ2) is 8.72.